The minimum atomic E-state index is -2.32. The zero-order valence-corrected chi connectivity index (χ0v) is 17.1. The van der Waals surface area contributed by atoms with Gasteiger partial charge in [-0.3, -0.25) is 0 Å². The second-order valence-electron chi connectivity index (χ2n) is 4.90. The van der Waals surface area contributed by atoms with Gasteiger partial charge in [0.25, 0.3) is 0 Å². The Morgan fingerprint density at radius 1 is 0.524 bits per heavy atom. The van der Waals surface area contributed by atoms with Gasteiger partial charge in [0.2, 0.25) is 0 Å². The van der Waals surface area contributed by atoms with E-state index in [1.54, 1.807) is 0 Å². The van der Waals surface area contributed by atoms with E-state index >= 15 is 0 Å². The van der Waals surface area contributed by atoms with Crippen LogP contribution >= 0.6 is 0 Å². The van der Waals surface area contributed by atoms with Crippen LogP contribution in [0.3, 0.4) is 0 Å². The first-order chi connectivity index (χ1) is 10.4. The molecule has 0 aliphatic heterocycles. The van der Waals surface area contributed by atoms with Crippen LogP contribution in [0.25, 0.3) is 0 Å². The molecule has 0 heterocycles. The third kappa shape index (κ3) is 2.75. The van der Waals surface area contributed by atoms with Crippen LogP contribution in [0, 0.1) is 0 Å². The Balaban J connectivity index is 2.29. The molecule has 0 spiro atoms. The van der Waals surface area contributed by atoms with Crippen LogP contribution in [-0.4, -0.2) is 34.5 Å². The average Bonchev–Trinajstić information content (AvgIpc) is 2.59. The van der Waals surface area contributed by atoms with Crippen molar-refractivity contribution in [2.75, 3.05) is 0 Å². The SMILES string of the molecule is [Tl][O][Si](c1ccccc1)(c1ccccc1)c1ccccc1. The van der Waals surface area contributed by atoms with E-state index in [9.17, 15) is 0 Å². The fourth-order valence-corrected chi connectivity index (χ4v) is 10.9. The molecule has 0 unspecified atom stereocenters. The molecule has 0 amide bonds. The normalized spacial score (nSPS) is 11.2. The van der Waals surface area contributed by atoms with Crippen LogP contribution in [0.4, 0.5) is 0 Å². The van der Waals surface area contributed by atoms with E-state index in [1.165, 1.54) is 15.6 Å². The number of benzene rings is 3. The molecule has 0 fully saturated rings. The van der Waals surface area contributed by atoms with Gasteiger partial charge in [-0.1, -0.05) is 0 Å². The summed E-state index contributed by atoms with van der Waals surface area (Å²) in [5.74, 6) is 0. The fraction of sp³-hybridized carbons (Fsp3) is 0. The van der Waals surface area contributed by atoms with E-state index in [0.717, 1.165) is 0 Å². The molecule has 21 heavy (non-hydrogen) atoms. The van der Waals surface area contributed by atoms with E-state index in [-0.39, 0.29) is 0 Å². The van der Waals surface area contributed by atoms with Gasteiger partial charge in [-0.05, 0) is 0 Å². The molecule has 1 nitrogen and oxygen atoms in total. The monoisotopic (exact) mass is 480 g/mol. The first kappa shape index (κ1) is 14.7. The van der Waals surface area contributed by atoms with Gasteiger partial charge >= 0.3 is 143 Å². The van der Waals surface area contributed by atoms with Crippen molar-refractivity contribution in [1.82, 2.24) is 0 Å². The Kier molecular flexibility index (Phi) is 4.67. The molecular weight excluding hydrogens is 465 g/mol. The second-order valence-corrected chi connectivity index (χ2v) is 11.0. The molecule has 0 aromatic heterocycles. The van der Waals surface area contributed by atoms with E-state index in [2.05, 4.69) is 91.0 Å². The van der Waals surface area contributed by atoms with Gasteiger partial charge in [0.15, 0.2) is 0 Å². The third-order valence-corrected chi connectivity index (χ3v) is 11.6. The van der Waals surface area contributed by atoms with Crippen LogP contribution in [0.2, 0.25) is 0 Å². The summed E-state index contributed by atoms with van der Waals surface area (Å²) >= 11 is 0.488. The van der Waals surface area contributed by atoms with Crippen molar-refractivity contribution in [2.45, 2.75) is 0 Å². The molecule has 0 atom stereocenters. The summed E-state index contributed by atoms with van der Waals surface area (Å²) in [4.78, 5) is 0. The van der Waals surface area contributed by atoms with E-state index in [4.69, 9.17) is 2.38 Å². The number of hydrogen-bond acceptors (Lipinski definition) is 1. The van der Waals surface area contributed by atoms with Crippen molar-refractivity contribution in [1.29, 1.82) is 0 Å². The molecule has 0 saturated heterocycles. The minimum absolute atomic E-state index is 0.488. The van der Waals surface area contributed by atoms with Crippen molar-refractivity contribution in [2.24, 2.45) is 0 Å². The van der Waals surface area contributed by atoms with Gasteiger partial charge in [0, 0.05) is 0 Å². The molecule has 0 aliphatic rings. The zero-order valence-electron chi connectivity index (χ0n) is 11.6. The van der Waals surface area contributed by atoms with Gasteiger partial charge < -0.3 is 0 Å². The Morgan fingerprint density at radius 2 is 0.810 bits per heavy atom. The van der Waals surface area contributed by atoms with Gasteiger partial charge in [0.1, 0.15) is 0 Å². The quantitative estimate of drug-likeness (QED) is 0.409. The number of rotatable bonds is 4. The predicted octanol–water partition coefficient (Wildman–Crippen LogP) is 1.75. The Morgan fingerprint density at radius 3 is 1.05 bits per heavy atom. The topological polar surface area (TPSA) is 9.23 Å². The third-order valence-electron chi connectivity index (χ3n) is 3.72. The molecule has 100 valence electrons. The Hall–Kier alpha value is -1.24. The van der Waals surface area contributed by atoms with Crippen molar-refractivity contribution in [3.63, 3.8) is 0 Å². The average molecular weight is 480 g/mol. The van der Waals surface area contributed by atoms with E-state index in [0.29, 0.717) is 26.2 Å². The summed E-state index contributed by atoms with van der Waals surface area (Å²) in [7, 11) is -2.32. The fourth-order valence-electron chi connectivity index (χ4n) is 2.72. The zero-order chi connectivity index (χ0) is 14.5. The van der Waals surface area contributed by atoms with Crippen molar-refractivity contribution < 1.29 is 2.38 Å². The molecular formula is C18H15OSiTl. The first-order valence-electron chi connectivity index (χ1n) is 6.92. The van der Waals surface area contributed by atoms with Crippen molar-refractivity contribution in [3.05, 3.63) is 91.0 Å². The van der Waals surface area contributed by atoms with Crippen LogP contribution in [0.1, 0.15) is 0 Å². The van der Waals surface area contributed by atoms with Crippen molar-refractivity contribution in [3.8, 4) is 0 Å². The first-order valence-corrected chi connectivity index (χ1v) is 10.7. The van der Waals surface area contributed by atoms with Crippen LogP contribution in [-0.2, 0) is 2.38 Å². The summed E-state index contributed by atoms with van der Waals surface area (Å²) in [6.45, 7) is 0. The molecule has 3 aromatic carbocycles. The van der Waals surface area contributed by atoms with Crippen LogP contribution < -0.4 is 15.6 Å². The summed E-state index contributed by atoms with van der Waals surface area (Å²) in [5, 5.41) is 3.93. The maximum atomic E-state index is 6.40. The Bertz CT molecular complexity index is 590. The van der Waals surface area contributed by atoms with Crippen LogP contribution in [0.5, 0.6) is 0 Å². The van der Waals surface area contributed by atoms with Gasteiger partial charge in [-0.15, -0.1) is 0 Å². The predicted molar refractivity (Wildman–Crippen MR) is 90.8 cm³/mol. The standard InChI is InChI=1S/C18H15OSi.Tl/c19-20(16-10-4-1-5-11-16,17-12-6-2-7-13-17)18-14-8-3-9-15-18;/h1-15H;/q-1;+1. The Labute approximate surface area is 143 Å². The molecule has 3 heteroatoms. The number of hydrogen-bond donors (Lipinski definition) is 0. The molecule has 3 aromatic rings. The van der Waals surface area contributed by atoms with Gasteiger partial charge in [0.05, 0.1) is 0 Å². The second kappa shape index (κ2) is 6.68. The van der Waals surface area contributed by atoms with Crippen LogP contribution in [0.15, 0.2) is 91.0 Å². The molecule has 0 aliphatic carbocycles. The molecule has 0 N–H and O–H groups in total. The maximum absolute atomic E-state index is 6.40. The summed E-state index contributed by atoms with van der Waals surface area (Å²) < 4.78 is 6.40. The molecule has 0 saturated carbocycles. The molecule has 0 bridgehead atoms. The molecule has 3 rings (SSSR count). The van der Waals surface area contributed by atoms with E-state index in [1.807, 2.05) is 0 Å². The van der Waals surface area contributed by atoms with Gasteiger partial charge in [-0.2, -0.15) is 0 Å². The van der Waals surface area contributed by atoms with Gasteiger partial charge in [-0.25, -0.2) is 0 Å². The van der Waals surface area contributed by atoms with Crippen molar-refractivity contribution >= 4 is 50.1 Å². The summed E-state index contributed by atoms with van der Waals surface area (Å²) in [6.07, 6.45) is 0. The molecule has 0 radical (unpaired) electrons. The summed E-state index contributed by atoms with van der Waals surface area (Å²) in [5.41, 5.74) is 0. The summed E-state index contributed by atoms with van der Waals surface area (Å²) in [6, 6.07) is 32.0. The van der Waals surface area contributed by atoms with E-state index < -0.39 is 8.32 Å².